The molecule has 4 rings (SSSR count). The lowest BCUT2D eigenvalue weighted by Crippen LogP contribution is -2.46. The van der Waals surface area contributed by atoms with Crippen LogP contribution in [0.3, 0.4) is 0 Å². The molecule has 0 bridgehead atoms. The number of unbranched alkanes of at least 4 members (excludes halogenated alkanes) is 1. The van der Waals surface area contributed by atoms with Gasteiger partial charge in [0.15, 0.2) is 0 Å². The lowest BCUT2D eigenvalue weighted by molar-refractivity contribution is 0.233. The number of rotatable bonds is 12. The van der Waals surface area contributed by atoms with Crippen LogP contribution in [0.2, 0.25) is 0 Å². The van der Waals surface area contributed by atoms with Crippen LogP contribution in [0.5, 0.6) is 17.2 Å². The van der Waals surface area contributed by atoms with Gasteiger partial charge in [-0.15, -0.1) is 0 Å². The van der Waals surface area contributed by atoms with Crippen molar-refractivity contribution in [3.8, 4) is 17.2 Å². The summed E-state index contributed by atoms with van der Waals surface area (Å²) in [6, 6.07) is 23.9. The molecule has 0 unspecified atom stereocenters. The van der Waals surface area contributed by atoms with Crippen LogP contribution in [0.15, 0.2) is 72.8 Å². The molecule has 35 heavy (non-hydrogen) atoms. The predicted octanol–water partition coefficient (Wildman–Crippen LogP) is 4.75. The maximum absolute atomic E-state index is 9.78. The van der Waals surface area contributed by atoms with Gasteiger partial charge < -0.3 is 24.2 Å². The molecule has 0 amide bonds. The van der Waals surface area contributed by atoms with Gasteiger partial charge in [-0.2, -0.15) is 0 Å². The van der Waals surface area contributed by atoms with E-state index in [9.17, 15) is 5.11 Å². The third-order valence-corrected chi connectivity index (χ3v) is 6.38. The monoisotopic (exact) mass is 476 g/mol. The van der Waals surface area contributed by atoms with Gasteiger partial charge in [0.1, 0.15) is 23.9 Å². The van der Waals surface area contributed by atoms with Crippen molar-refractivity contribution in [3.05, 3.63) is 83.9 Å². The second-order valence-corrected chi connectivity index (χ2v) is 8.76. The molecule has 1 aliphatic heterocycles. The van der Waals surface area contributed by atoms with Gasteiger partial charge in [-0.05, 0) is 55.3 Å². The van der Waals surface area contributed by atoms with E-state index in [1.807, 2.05) is 60.7 Å². The molecule has 6 heteroatoms. The van der Waals surface area contributed by atoms with E-state index < -0.39 is 0 Å². The number of aliphatic hydroxyl groups is 1. The maximum Gasteiger partial charge on any atom is 0.142 e. The Hall–Kier alpha value is -3.22. The van der Waals surface area contributed by atoms with Crippen LogP contribution in [0.25, 0.3) is 0 Å². The smallest absolute Gasteiger partial charge is 0.142 e. The number of methoxy groups -OCH3 is 1. The SMILES string of the molecule is COc1ccccc1N1CCN(CCCCOc2ccc(OCc3ccccc3)cc2CO)CC1. The fraction of sp³-hybridized carbons (Fsp3) is 0.379. The topological polar surface area (TPSA) is 54.4 Å². The molecule has 0 aromatic heterocycles. The van der Waals surface area contributed by atoms with Crippen LogP contribution < -0.4 is 19.1 Å². The second-order valence-electron chi connectivity index (χ2n) is 8.76. The number of anilines is 1. The van der Waals surface area contributed by atoms with Crippen LogP contribution in [0.1, 0.15) is 24.0 Å². The zero-order valence-corrected chi connectivity index (χ0v) is 20.6. The number of hydrogen-bond donors (Lipinski definition) is 1. The summed E-state index contributed by atoms with van der Waals surface area (Å²) in [5.74, 6) is 2.40. The number of benzene rings is 3. The summed E-state index contributed by atoms with van der Waals surface area (Å²) in [4.78, 5) is 4.92. The first kappa shape index (κ1) is 24.9. The van der Waals surface area contributed by atoms with Crippen LogP contribution in [-0.2, 0) is 13.2 Å². The van der Waals surface area contributed by atoms with Crippen LogP contribution in [0, 0.1) is 0 Å². The Bertz CT molecular complexity index is 1040. The van der Waals surface area contributed by atoms with Crippen LogP contribution >= 0.6 is 0 Å². The Morgan fingerprint density at radius 3 is 2.34 bits per heavy atom. The Balaban J connectivity index is 1.15. The molecule has 0 aliphatic carbocycles. The third-order valence-electron chi connectivity index (χ3n) is 6.38. The molecule has 0 spiro atoms. The fourth-order valence-corrected chi connectivity index (χ4v) is 4.37. The molecule has 3 aromatic rings. The third kappa shape index (κ3) is 7.13. The van der Waals surface area contributed by atoms with Crippen molar-refractivity contribution in [1.82, 2.24) is 4.90 Å². The van der Waals surface area contributed by atoms with Gasteiger partial charge in [-0.3, -0.25) is 4.90 Å². The molecule has 186 valence electrons. The molecule has 0 saturated carbocycles. The molecule has 1 saturated heterocycles. The van der Waals surface area contributed by atoms with Crippen LogP contribution in [0.4, 0.5) is 5.69 Å². The highest BCUT2D eigenvalue weighted by atomic mass is 16.5. The van der Waals surface area contributed by atoms with E-state index in [0.29, 0.717) is 13.2 Å². The zero-order chi connectivity index (χ0) is 24.3. The molecule has 1 aliphatic rings. The van der Waals surface area contributed by atoms with Crippen molar-refractivity contribution in [2.45, 2.75) is 26.1 Å². The highest BCUT2D eigenvalue weighted by Crippen LogP contribution is 2.28. The molecule has 1 heterocycles. The fourth-order valence-electron chi connectivity index (χ4n) is 4.37. The minimum absolute atomic E-state index is 0.0751. The van der Waals surface area contributed by atoms with Gasteiger partial charge in [0.25, 0.3) is 0 Å². The highest BCUT2D eigenvalue weighted by molar-refractivity contribution is 5.58. The number of aliphatic hydroxyl groups excluding tert-OH is 1. The number of ether oxygens (including phenoxy) is 3. The Labute approximate surface area is 208 Å². The largest absolute Gasteiger partial charge is 0.495 e. The van der Waals surface area contributed by atoms with Gasteiger partial charge in [0.05, 0.1) is 26.0 Å². The van der Waals surface area contributed by atoms with Crippen LogP contribution in [-0.4, -0.2) is 56.4 Å². The average molecular weight is 477 g/mol. The number of hydrogen-bond acceptors (Lipinski definition) is 6. The van der Waals surface area contributed by atoms with Gasteiger partial charge in [-0.25, -0.2) is 0 Å². The number of piperazine rings is 1. The first-order valence-electron chi connectivity index (χ1n) is 12.4. The van der Waals surface area contributed by atoms with Crippen molar-refractivity contribution < 1.29 is 19.3 Å². The second kappa shape index (κ2) is 13.0. The van der Waals surface area contributed by atoms with E-state index >= 15 is 0 Å². The summed E-state index contributed by atoms with van der Waals surface area (Å²) < 4.78 is 17.4. The summed E-state index contributed by atoms with van der Waals surface area (Å²) in [6.45, 7) is 6.26. The minimum Gasteiger partial charge on any atom is -0.495 e. The van der Waals surface area contributed by atoms with Crippen molar-refractivity contribution in [2.24, 2.45) is 0 Å². The first-order valence-corrected chi connectivity index (χ1v) is 12.4. The van der Waals surface area contributed by atoms with E-state index in [-0.39, 0.29) is 6.61 Å². The Morgan fingerprint density at radius 2 is 1.57 bits per heavy atom. The predicted molar refractivity (Wildman–Crippen MR) is 140 cm³/mol. The number of nitrogens with zero attached hydrogens (tertiary/aromatic N) is 2. The molecule has 6 nitrogen and oxygen atoms in total. The quantitative estimate of drug-likeness (QED) is 0.381. The highest BCUT2D eigenvalue weighted by Gasteiger charge is 2.19. The zero-order valence-electron chi connectivity index (χ0n) is 20.6. The Morgan fingerprint density at radius 1 is 0.800 bits per heavy atom. The van der Waals surface area contributed by atoms with Crippen molar-refractivity contribution in [3.63, 3.8) is 0 Å². The van der Waals surface area contributed by atoms with E-state index in [1.54, 1.807) is 7.11 Å². The van der Waals surface area contributed by atoms with Gasteiger partial charge in [-0.1, -0.05) is 42.5 Å². The molecule has 0 radical (unpaired) electrons. The van der Waals surface area contributed by atoms with Crippen molar-refractivity contribution in [1.29, 1.82) is 0 Å². The van der Waals surface area contributed by atoms with E-state index in [4.69, 9.17) is 14.2 Å². The standard InChI is InChI=1S/C29H36N2O4/c1-33-29-12-6-5-11-27(29)31-18-16-30(17-19-31)15-7-8-20-34-28-14-13-26(21-25(28)22-32)35-23-24-9-3-2-4-10-24/h2-6,9-14,21,32H,7-8,15-20,22-23H2,1H3. The number of para-hydroxylation sites is 2. The summed E-state index contributed by atoms with van der Waals surface area (Å²) in [5, 5.41) is 9.78. The summed E-state index contributed by atoms with van der Waals surface area (Å²) in [6.07, 6.45) is 2.06. The summed E-state index contributed by atoms with van der Waals surface area (Å²) in [7, 11) is 1.73. The maximum atomic E-state index is 9.78. The molecule has 0 atom stereocenters. The molecular weight excluding hydrogens is 440 g/mol. The molecular formula is C29H36N2O4. The molecule has 3 aromatic carbocycles. The summed E-state index contributed by atoms with van der Waals surface area (Å²) in [5.41, 5.74) is 3.04. The first-order chi connectivity index (χ1) is 17.3. The lowest BCUT2D eigenvalue weighted by Gasteiger charge is -2.36. The lowest BCUT2D eigenvalue weighted by atomic mass is 10.2. The average Bonchev–Trinajstić information content (AvgIpc) is 2.93. The van der Waals surface area contributed by atoms with E-state index in [1.165, 1.54) is 5.69 Å². The minimum atomic E-state index is -0.0751. The van der Waals surface area contributed by atoms with E-state index in [2.05, 4.69) is 21.9 Å². The van der Waals surface area contributed by atoms with Crippen molar-refractivity contribution >= 4 is 5.69 Å². The molecule has 1 N–H and O–H groups in total. The van der Waals surface area contributed by atoms with Gasteiger partial charge in [0.2, 0.25) is 0 Å². The summed E-state index contributed by atoms with van der Waals surface area (Å²) >= 11 is 0. The van der Waals surface area contributed by atoms with Crippen molar-refractivity contribution in [2.75, 3.05) is 51.3 Å². The van der Waals surface area contributed by atoms with Gasteiger partial charge >= 0.3 is 0 Å². The molecule has 1 fully saturated rings. The van der Waals surface area contributed by atoms with E-state index in [0.717, 1.165) is 73.9 Å². The normalized spacial score (nSPS) is 14.1. The van der Waals surface area contributed by atoms with Gasteiger partial charge in [0, 0.05) is 31.7 Å². The Kier molecular flexibility index (Phi) is 9.26.